The van der Waals surface area contributed by atoms with Crippen molar-refractivity contribution in [2.45, 2.75) is 19.5 Å². The van der Waals surface area contributed by atoms with Gasteiger partial charge >= 0.3 is 5.97 Å². The molecule has 0 unspecified atom stereocenters. The van der Waals surface area contributed by atoms with Gasteiger partial charge in [-0.05, 0) is 42.3 Å². The summed E-state index contributed by atoms with van der Waals surface area (Å²) in [5.41, 5.74) is 1.80. The molecule has 0 aliphatic heterocycles. The fourth-order valence-corrected chi connectivity index (χ4v) is 3.53. The second-order valence-electron chi connectivity index (χ2n) is 7.39. The van der Waals surface area contributed by atoms with Crippen molar-refractivity contribution in [1.29, 1.82) is 0 Å². The van der Waals surface area contributed by atoms with Gasteiger partial charge in [0.15, 0.2) is 18.1 Å². The number of amides is 1. The van der Waals surface area contributed by atoms with Crippen molar-refractivity contribution in [3.05, 3.63) is 89.5 Å². The molecule has 3 rings (SSSR count). The molecule has 0 saturated heterocycles. The highest BCUT2D eigenvalue weighted by atomic mass is 16.5. The van der Waals surface area contributed by atoms with Gasteiger partial charge in [0.25, 0.3) is 5.91 Å². The van der Waals surface area contributed by atoms with Crippen LogP contribution in [0.1, 0.15) is 34.5 Å². The van der Waals surface area contributed by atoms with Gasteiger partial charge in [0.05, 0.1) is 20.3 Å². The first-order valence-corrected chi connectivity index (χ1v) is 10.4. The Bertz CT molecular complexity index is 1100. The zero-order chi connectivity index (χ0) is 23.8. The largest absolute Gasteiger partial charge is 0.497 e. The van der Waals surface area contributed by atoms with Gasteiger partial charge in [-0.25, -0.2) is 4.79 Å². The molecule has 0 radical (unpaired) electrons. The number of aromatic carboxylic acids is 1. The number of rotatable bonds is 10. The van der Waals surface area contributed by atoms with E-state index in [1.165, 1.54) is 13.2 Å². The molecule has 1 amide bonds. The fourth-order valence-electron chi connectivity index (χ4n) is 3.53. The lowest BCUT2D eigenvalue weighted by atomic mass is 10.1. The van der Waals surface area contributed by atoms with Gasteiger partial charge in [0.1, 0.15) is 11.3 Å². The lowest BCUT2D eigenvalue weighted by Gasteiger charge is -2.30. The van der Waals surface area contributed by atoms with Gasteiger partial charge in [0.2, 0.25) is 0 Å². The summed E-state index contributed by atoms with van der Waals surface area (Å²) in [5, 5.41) is 9.50. The number of carbonyl (C=O) groups is 2. The van der Waals surface area contributed by atoms with Crippen molar-refractivity contribution in [3.63, 3.8) is 0 Å². The molecule has 0 heterocycles. The molecule has 172 valence electrons. The quantitative estimate of drug-likeness (QED) is 0.488. The Kier molecular flexibility index (Phi) is 7.91. The molecule has 0 spiro atoms. The van der Waals surface area contributed by atoms with Crippen molar-refractivity contribution in [1.82, 2.24) is 4.90 Å². The van der Waals surface area contributed by atoms with E-state index in [4.69, 9.17) is 14.2 Å². The van der Waals surface area contributed by atoms with Crippen LogP contribution in [0.25, 0.3) is 0 Å². The zero-order valence-corrected chi connectivity index (χ0v) is 18.9. The average molecular weight is 450 g/mol. The first-order valence-electron chi connectivity index (χ1n) is 10.4. The van der Waals surface area contributed by atoms with Crippen LogP contribution >= 0.6 is 0 Å². The Balaban J connectivity index is 1.87. The van der Waals surface area contributed by atoms with Crippen LogP contribution in [0.4, 0.5) is 0 Å². The molecule has 0 aliphatic carbocycles. The van der Waals surface area contributed by atoms with Crippen LogP contribution in [0.2, 0.25) is 0 Å². The lowest BCUT2D eigenvalue weighted by molar-refractivity contribution is -0.136. The van der Waals surface area contributed by atoms with Crippen LogP contribution in [0, 0.1) is 0 Å². The highest BCUT2D eigenvalue weighted by molar-refractivity contribution is 5.92. The third-order valence-corrected chi connectivity index (χ3v) is 5.33. The van der Waals surface area contributed by atoms with Crippen molar-refractivity contribution in [3.8, 4) is 17.2 Å². The van der Waals surface area contributed by atoms with Crippen molar-refractivity contribution in [2.75, 3.05) is 20.8 Å². The molecule has 33 heavy (non-hydrogen) atoms. The standard InChI is InChI=1S/C26H27NO6/c1-18(20-10-5-4-6-11-20)27(16-19-9-7-12-21(15-19)31-2)24(28)17-33-25-22(26(29)30)13-8-14-23(25)32-3/h4-15,18H,16-17H2,1-3H3,(H,29,30)/t18-/m1/s1. The predicted octanol–water partition coefficient (Wildman–Crippen LogP) is 4.57. The van der Waals surface area contributed by atoms with Crippen LogP contribution in [0.5, 0.6) is 17.2 Å². The minimum absolute atomic E-state index is 0.0227. The van der Waals surface area contributed by atoms with Crippen molar-refractivity contribution in [2.24, 2.45) is 0 Å². The van der Waals surface area contributed by atoms with E-state index in [1.54, 1.807) is 24.1 Å². The third-order valence-electron chi connectivity index (χ3n) is 5.33. The second kappa shape index (κ2) is 11.0. The Morgan fingerprint density at radius 1 is 0.939 bits per heavy atom. The molecule has 0 aromatic heterocycles. The molecule has 0 aliphatic rings. The van der Waals surface area contributed by atoms with Crippen LogP contribution in [-0.2, 0) is 11.3 Å². The molecular formula is C26H27NO6. The molecule has 0 saturated carbocycles. The smallest absolute Gasteiger partial charge is 0.339 e. The third kappa shape index (κ3) is 5.83. The summed E-state index contributed by atoms with van der Waals surface area (Å²) >= 11 is 0. The number of benzene rings is 3. The predicted molar refractivity (Wildman–Crippen MR) is 124 cm³/mol. The van der Waals surface area contributed by atoms with E-state index in [0.717, 1.165) is 11.1 Å². The summed E-state index contributed by atoms with van der Waals surface area (Å²) < 4.78 is 16.3. The normalized spacial score (nSPS) is 11.4. The van der Waals surface area contributed by atoms with E-state index in [0.29, 0.717) is 12.3 Å². The molecule has 1 atom stereocenters. The molecule has 3 aromatic rings. The van der Waals surface area contributed by atoms with Crippen LogP contribution < -0.4 is 14.2 Å². The van der Waals surface area contributed by atoms with Gasteiger partial charge in [-0.2, -0.15) is 0 Å². The number of ether oxygens (including phenoxy) is 3. The topological polar surface area (TPSA) is 85.3 Å². The second-order valence-corrected chi connectivity index (χ2v) is 7.39. The Morgan fingerprint density at radius 3 is 2.33 bits per heavy atom. The lowest BCUT2D eigenvalue weighted by Crippen LogP contribution is -2.36. The molecule has 0 bridgehead atoms. The number of methoxy groups -OCH3 is 2. The monoisotopic (exact) mass is 449 g/mol. The number of nitrogens with zero attached hydrogens (tertiary/aromatic N) is 1. The van der Waals surface area contributed by atoms with E-state index in [2.05, 4.69) is 0 Å². The Morgan fingerprint density at radius 2 is 1.67 bits per heavy atom. The highest BCUT2D eigenvalue weighted by Crippen LogP contribution is 2.31. The van der Waals surface area contributed by atoms with E-state index in [9.17, 15) is 14.7 Å². The number of carbonyl (C=O) groups excluding carboxylic acids is 1. The minimum Gasteiger partial charge on any atom is -0.497 e. The number of carboxylic acids is 1. The van der Waals surface area contributed by atoms with E-state index >= 15 is 0 Å². The molecule has 7 nitrogen and oxygen atoms in total. The van der Waals surface area contributed by atoms with Crippen LogP contribution in [-0.4, -0.2) is 42.7 Å². The summed E-state index contributed by atoms with van der Waals surface area (Å²) in [7, 11) is 3.01. The van der Waals surface area contributed by atoms with Crippen molar-refractivity contribution >= 4 is 11.9 Å². The maximum Gasteiger partial charge on any atom is 0.339 e. The molecule has 0 fully saturated rings. The van der Waals surface area contributed by atoms with Crippen LogP contribution in [0.3, 0.4) is 0 Å². The minimum atomic E-state index is -1.16. The Hall–Kier alpha value is -4.00. The maximum absolute atomic E-state index is 13.4. The molecule has 7 heteroatoms. The highest BCUT2D eigenvalue weighted by Gasteiger charge is 2.24. The zero-order valence-electron chi connectivity index (χ0n) is 18.9. The number of hydrogen-bond donors (Lipinski definition) is 1. The van der Waals surface area contributed by atoms with Gasteiger partial charge in [0, 0.05) is 6.54 Å². The summed E-state index contributed by atoms with van der Waals surface area (Å²) in [6.07, 6.45) is 0. The molecule has 3 aromatic carbocycles. The van der Waals surface area contributed by atoms with E-state index in [1.807, 2.05) is 61.5 Å². The van der Waals surface area contributed by atoms with Gasteiger partial charge in [-0.3, -0.25) is 4.79 Å². The van der Waals surface area contributed by atoms with Crippen LogP contribution in [0.15, 0.2) is 72.8 Å². The Labute approximate surface area is 193 Å². The number of carboxylic acid groups (broad SMARTS) is 1. The fraction of sp³-hybridized carbons (Fsp3) is 0.231. The van der Waals surface area contributed by atoms with Crippen molar-refractivity contribution < 1.29 is 28.9 Å². The van der Waals surface area contributed by atoms with Gasteiger partial charge in [-0.1, -0.05) is 48.5 Å². The van der Waals surface area contributed by atoms with E-state index in [-0.39, 0.29) is 35.6 Å². The molecular weight excluding hydrogens is 422 g/mol. The summed E-state index contributed by atoms with van der Waals surface area (Å²) in [6.45, 7) is 1.92. The first-order chi connectivity index (χ1) is 15.9. The molecule has 1 N–H and O–H groups in total. The summed E-state index contributed by atoms with van der Waals surface area (Å²) in [5.74, 6) is -0.491. The van der Waals surface area contributed by atoms with E-state index < -0.39 is 5.97 Å². The van der Waals surface area contributed by atoms with Gasteiger partial charge in [-0.15, -0.1) is 0 Å². The number of para-hydroxylation sites is 1. The first kappa shape index (κ1) is 23.7. The van der Waals surface area contributed by atoms with Gasteiger partial charge < -0.3 is 24.2 Å². The summed E-state index contributed by atoms with van der Waals surface area (Å²) in [4.78, 5) is 26.7. The summed E-state index contributed by atoms with van der Waals surface area (Å²) in [6, 6.07) is 21.5. The number of hydrogen-bond acceptors (Lipinski definition) is 5. The SMILES string of the molecule is COc1cccc(CN(C(=O)COc2c(OC)cccc2C(=O)O)[C@H](C)c2ccccc2)c1. The maximum atomic E-state index is 13.4. The average Bonchev–Trinajstić information content (AvgIpc) is 2.85.